The van der Waals surface area contributed by atoms with Gasteiger partial charge in [-0.2, -0.15) is 0 Å². The summed E-state index contributed by atoms with van der Waals surface area (Å²) in [4.78, 5) is 1.71. The molecule has 92 valence electrons. The van der Waals surface area contributed by atoms with Gasteiger partial charge >= 0.3 is 0 Å². The third-order valence-electron chi connectivity index (χ3n) is 3.07. The first-order valence-corrected chi connectivity index (χ1v) is 6.36. The lowest BCUT2D eigenvalue weighted by atomic mass is 10.1. The third-order valence-corrected chi connectivity index (χ3v) is 3.58. The summed E-state index contributed by atoms with van der Waals surface area (Å²) in [5.74, 6) is 0. The van der Waals surface area contributed by atoms with Gasteiger partial charge in [0.05, 0.1) is 0 Å². The molecule has 1 aliphatic rings. The predicted octanol–water partition coefficient (Wildman–Crippen LogP) is 4.85. The van der Waals surface area contributed by atoms with Crippen molar-refractivity contribution in [3.8, 4) is 0 Å². The van der Waals surface area contributed by atoms with Crippen LogP contribution in [0.5, 0.6) is 0 Å². The first-order valence-electron chi connectivity index (χ1n) is 5.60. The second kappa shape index (κ2) is 4.45. The highest BCUT2D eigenvalue weighted by molar-refractivity contribution is 6.30. The van der Waals surface area contributed by atoms with Crippen LogP contribution in [0.15, 0.2) is 48.5 Å². The lowest BCUT2D eigenvalue weighted by molar-refractivity contribution is 0.468. The Balaban J connectivity index is 1.84. The van der Waals surface area contributed by atoms with Crippen LogP contribution in [-0.2, 0) is 0 Å². The van der Waals surface area contributed by atoms with Crippen LogP contribution in [-0.4, -0.2) is 6.30 Å². The molecule has 0 unspecified atom stereocenters. The molecule has 0 aromatic heterocycles. The molecule has 0 radical (unpaired) electrons. The van der Waals surface area contributed by atoms with Gasteiger partial charge in [-0.15, -0.1) is 0 Å². The average molecular weight is 282 g/mol. The largest absolute Gasteiger partial charge is 0.328 e. The van der Waals surface area contributed by atoms with Gasteiger partial charge in [-0.25, -0.2) is 4.39 Å². The Morgan fingerprint density at radius 3 is 1.89 bits per heavy atom. The van der Waals surface area contributed by atoms with E-state index < -0.39 is 6.30 Å². The fraction of sp³-hybridized carbons (Fsp3) is 0.143. The number of anilines is 1. The van der Waals surface area contributed by atoms with Crippen LogP contribution < -0.4 is 4.90 Å². The van der Waals surface area contributed by atoms with Crippen molar-refractivity contribution >= 4 is 28.9 Å². The fourth-order valence-electron chi connectivity index (χ4n) is 2.10. The zero-order valence-corrected chi connectivity index (χ0v) is 10.9. The topological polar surface area (TPSA) is 3.01 Å². The van der Waals surface area contributed by atoms with Crippen LogP contribution in [0.2, 0.25) is 10.0 Å². The zero-order chi connectivity index (χ0) is 12.7. The third kappa shape index (κ3) is 2.06. The van der Waals surface area contributed by atoms with Gasteiger partial charge in [0.2, 0.25) is 0 Å². The number of benzene rings is 2. The molecule has 1 saturated heterocycles. The summed E-state index contributed by atoms with van der Waals surface area (Å²) >= 11 is 11.6. The lowest BCUT2D eigenvalue weighted by Gasteiger charge is -2.04. The van der Waals surface area contributed by atoms with Crippen LogP contribution in [0.3, 0.4) is 0 Å². The molecular weight excluding hydrogens is 272 g/mol. The standard InChI is InChI=1S/C14H10Cl2FN/c15-10-3-1-9(2-4-10)13-14(17)18(13)12-7-5-11(16)6-8-12/h1-8,13-14H/t13-,14-,18?/m0/s1. The molecule has 2 atom stereocenters. The molecular formula is C14H10Cl2FN. The summed E-state index contributed by atoms with van der Waals surface area (Å²) in [5, 5.41) is 1.31. The van der Waals surface area contributed by atoms with Gasteiger partial charge in [0.15, 0.2) is 6.30 Å². The maximum absolute atomic E-state index is 13.9. The van der Waals surface area contributed by atoms with Gasteiger partial charge in [-0.3, -0.25) is 0 Å². The van der Waals surface area contributed by atoms with E-state index in [0.717, 1.165) is 11.3 Å². The molecule has 2 aromatic rings. The Hall–Kier alpha value is -1.25. The highest BCUT2D eigenvalue weighted by atomic mass is 35.5. The SMILES string of the molecule is F[C@@H]1[C@H](c2ccc(Cl)cc2)N1c1ccc(Cl)cc1. The minimum Gasteiger partial charge on any atom is -0.328 e. The molecule has 0 aliphatic carbocycles. The Labute approximate surface area is 115 Å². The summed E-state index contributed by atoms with van der Waals surface area (Å²) in [6.07, 6.45) is -0.979. The van der Waals surface area contributed by atoms with E-state index in [1.165, 1.54) is 0 Å². The molecule has 1 nitrogen and oxygen atoms in total. The first-order chi connectivity index (χ1) is 8.66. The molecule has 0 N–H and O–H groups in total. The Morgan fingerprint density at radius 2 is 1.33 bits per heavy atom. The average Bonchev–Trinajstić information content (AvgIpc) is 3.03. The molecule has 0 spiro atoms. The zero-order valence-electron chi connectivity index (χ0n) is 9.35. The monoisotopic (exact) mass is 281 g/mol. The van der Waals surface area contributed by atoms with Gasteiger partial charge in [-0.05, 0) is 42.0 Å². The van der Waals surface area contributed by atoms with E-state index in [0.29, 0.717) is 10.0 Å². The summed E-state index contributed by atoms with van der Waals surface area (Å²) in [6, 6.07) is 14.2. The maximum atomic E-state index is 13.9. The van der Waals surface area contributed by atoms with Crippen molar-refractivity contribution in [2.75, 3.05) is 4.90 Å². The second-order valence-electron chi connectivity index (χ2n) is 4.25. The van der Waals surface area contributed by atoms with Crippen LogP contribution in [0.1, 0.15) is 11.6 Å². The van der Waals surface area contributed by atoms with Gasteiger partial charge in [-0.1, -0.05) is 35.3 Å². The van der Waals surface area contributed by atoms with Gasteiger partial charge < -0.3 is 4.90 Å². The molecule has 0 amide bonds. The van der Waals surface area contributed by atoms with Crippen molar-refractivity contribution in [2.24, 2.45) is 0 Å². The van der Waals surface area contributed by atoms with E-state index in [-0.39, 0.29) is 6.04 Å². The molecule has 2 aromatic carbocycles. The van der Waals surface area contributed by atoms with E-state index in [1.54, 1.807) is 29.2 Å². The lowest BCUT2D eigenvalue weighted by Crippen LogP contribution is -1.95. The van der Waals surface area contributed by atoms with Crippen molar-refractivity contribution in [1.82, 2.24) is 0 Å². The van der Waals surface area contributed by atoms with Crippen molar-refractivity contribution in [1.29, 1.82) is 0 Å². The predicted molar refractivity (Wildman–Crippen MR) is 73.0 cm³/mol. The van der Waals surface area contributed by atoms with Crippen molar-refractivity contribution in [2.45, 2.75) is 12.3 Å². The van der Waals surface area contributed by atoms with Crippen LogP contribution in [0.4, 0.5) is 10.1 Å². The van der Waals surface area contributed by atoms with Gasteiger partial charge in [0, 0.05) is 15.7 Å². The highest BCUT2D eigenvalue weighted by Gasteiger charge is 2.49. The van der Waals surface area contributed by atoms with E-state index in [4.69, 9.17) is 23.2 Å². The van der Waals surface area contributed by atoms with Crippen molar-refractivity contribution in [3.05, 3.63) is 64.1 Å². The molecule has 18 heavy (non-hydrogen) atoms. The Bertz CT molecular complexity index is 502. The molecule has 3 rings (SSSR count). The first kappa shape index (κ1) is 11.8. The number of nitrogens with zero attached hydrogens (tertiary/aromatic N) is 1. The minimum atomic E-state index is -0.979. The second-order valence-corrected chi connectivity index (χ2v) is 5.13. The number of rotatable bonds is 2. The van der Waals surface area contributed by atoms with E-state index in [2.05, 4.69) is 0 Å². The van der Waals surface area contributed by atoms with E-state index in [1.807, 2.05) is 24.3 Å². The molecule has 0 saturated carbocycles. The maximum Gasteiger partial charge on any atom is 0.198 e. The Morgan fingerprint density at radius 1 is 0.833 bits per heavy atom. The normalized spacial score (nSPS) is 22.1. The summed E-state index contributed by atoms with van der Waals surface area (Å²) in [5.41, 5.74) is 1.77. The van der Waals surface area contributed by atoms with E-state index in [9.17, 15) is 4.39 Å². The smallest absolute Gasteiger partial charge is 0.198 e. The number of alkyl halides is 1. The molecule has 4 heteroatoms. The van der Waals surface area contributed by atoms with Crippen molar-refractivity contribution in [3.63, 3.8) is 0 Å². The number of hydrogen-bond donors (Lipinski definition) is 0. The van der Waals surface area contributed by atoms with Gasteiger partial charge in [0.1, 0.15) is 6.04 Å². The van der Waals surface area contributed by atoms with Gasteiger partial charge in [0.25, 0.3) is 0 Å². The summed E-state index contributed by atoms with van der Waals surface area (Å²) < 4.78 is 13.9. The molecule has 1 fully saturated rings. The molecule has 1 heterocycles. The quantitative estimate of drug-likeness (QED) is 0.562. The molecule has 0 bridgehead atoms. The van der Waals surface area contributed by atoms with Crippen LogP contribution in [0, 0.1) is 0 Å². The summed E-state index contributed by atoms with van der Waals surface area (Å²) in [6.45, 7) is 0. The fourth-order valence-corrected chi connectivity index (χ4v) is 2.35. The Kier molecular flexibility index (Phi) is 2.92. The van der Waals surface area contributed by atoms with Crippen LogP contribution >= 0.6 is 23.2 Å². The molecule has 1 aliphatic heterocycles. The highest BCUT2D eigenvalue weighted by Crippen LogP contribution is 2.47. The summed E-state index contributed by atoms with van der Waals surface area (Å²) in [7, 11) is 0. The van der Waals surface area contributed by atoms with Crippen molar-refractivity contribution < 1.29 is 4.39 Å². The minimum absolute atomic E-state index is 0.219. The van der Waals surface area contributed by atoms with Crippen LogP contribution in [0.25, 0.3) is 0 Å². The number of halogens is 3. The number of hydrogen-bond acceptors (Lipinski definition) is 1. The van der Waals surface area contributed by atoms with E-state index >= 15 is 0 Å².